The smallest absolute Gasteiger partial charge is 0.335 e. The second kappa shape index (κ2) is 8.17. The fourth-order valence-electron chi connectivity index (χ4n) is 2.63. The standard InChI is InChI=1S/C19H15NO7S/c1-10-15(21)6-5-11-3-2-4-16(17(10)11)28-27-26-20-14-8-12(18(22)23)7-13(9-14)19(24)25/h2-9,20-21H,1H3,(H,22,23)(H,24,25). The molecule has 0 aromatic heterocycles. The Morgan fingerprint density at radius 1 is 1.00 bits per heavy atom. The minimum atomic E-state index is -1.27. The largest absolute Gasteiger partial charge is 0.508 e. The van der Waals surface area contributed by atoms with Crippen LogP contribution in [0.15, 0.2) is 53.4 Å². The lowest BCUT2D eigenvalue weighted by Gasteiger charge is -2.10. The van der Waals surface area contributed by atoms with E-state index in [1.807, 2.05) is 12.1 Å². The molecule has 3 aromatic carbocycles. The van der Waals surface area contributed by atoms with Crippen molar-refractivity contribution in [1.82, 2.24) is 0 Å². The molecule has 0 aliphatic heterocycles. The molecule has 0 unspecified atom stereocenters. The molecule has 0 saturated carbocycles. The van der Waals surface area contributed by atoms with Gasteiger partial charge < -0.3 is 15.3 Å². The quantitative estimate of drug-likeness (QED) is 0.199. The first-order valence-electron chi connectivity index (χ1n) is 7.96. The molecule has 0 saturated heterocycles. The van der Waals surface area contributed by atoms with Crippen LogP contribution in [0.2, 0.25) is 0 Å². The Labute approximate surface area is 163 Å². The average molecular weight is 401 g/mol. The number of carboxylic acid groups (broad SMARTS) is 2. The van der Waals surface area contributed by atoms with Crippen molar-refractivity contribution in [1.29, 1.82) is 0 Å². The molecule has 28 heavy (non-hydrogen) atoms. The van der Waals surface area contributed by atoms with Gasteiger partial charge in [0.25, 0.3) is 0 Å². The Morgan fingerprint density at radius 3 is 2.32 bits per heavy atom. The lowest BCUT2D eigenvalue weighted by Crippen LogP contribution is -2.06. The molecule has 0 heterocycles. The summed E-state index contributed by atoms with van der Waals surface area (Å²) in [5.74, 6) is -2.38. The van der Waals surface area contributed by atoms with E-state index in [4.69, 9.17) is 19.5 Å². The first-order chi connectivity index (χ1) is 13.4. The molecule has 0 atom stereocenters. The third-order valence-corrected chi connectivity index (χ3v) is 4.64. The van der Waals surface area contributed by atoms with Crippen molar-refractivity contribution in [2.75, 3.05) is 5.48 Å². The topological polar surface area (TPSA) is 125 Å². The summed E-state index contributed by atoms with van der Waals surface area (Å²) in [6.45, 7) is 1.78. The third-order valence-electron chi connectivity index (χ3n) is 3.98. The molecule has 144 valence electrons. The van der Waals surface area contributed by atoms with Crippen molar-refractivity contribution < 1.29 is 34.2 Å². The number of anilines is 1. The predicted octanol–water partition coefficient (Wildman–Crippen LogP) is 4.23. The number of phenolic OH excluding ortho intramolecular Hbond substituents is 1. The zero-order chi connectivity index (χ0) is 20.3. The SMILES string of the molecule is Cc1c(O)ccc2cccc(SOONc3cc(C(=O)O)cc(C(=O)O)c3)c12. The summed E-state index contributed by atoms with van der Waals surface area (Å²) >= 11 is 0.885. The van der Waals surface area contributed by atoms with Gasteiger partial charge in [-0.1, -0.05) is 18.2 Å². The zero-order valence-corrected chi connectivity index (χ0v) is 15.3. The van der Waals surface area contributed by atoms with Crippen LogP contribution in [-0.4, -0.2) is 27.3 Å². The van der Waals surface area contributed by atoms with E-state index in [0.29, 0.717) is 10.5 Å². The highest BCUT2D eigenvalue weighted by Crippen LogP contribution is 2.34. The van der Waals surface area contributed by atoms with E-state index in [2.05, 4.69) is 5.48 Å². The van der Waals surface area contributed by atoms with E-state index < -0.39 is 11.9 Å². The molecular formula is C19H15NO7S. The number of carboxylic acids is 2. The van der Waals surface area contributed by atoms with Gasteiger partial charge in [0.2, 0.25) is 0 Å². The van der Waals surface area contributed by atoms with E-state index in [-0.39, 0.29) is 22.6 Å². The normalized spacial score (nSPS) is 10.8. The number of rotatable bonds is 7. The second-order valence-corrected chi connectivity index (χ2v) is 6.55. The van der Waals surface area contributed by atoms with Gasteiger partial charge in [-0.3, -0.25) is 0 Å². The maximum atomic E-state index is 11.1. The fourth-order valence-corrected chi connectivity index (χ4v) is 3.26. The van der Waals surface area contributed by atoms with Crippen molar-refractivity contribution in [2.24, 2.45) is 0 Å². The van der Waals surface area contributed by atoms with Crippen LogP contribution in [0.4, 0.5) is 5.69 Å². The van der Waals surface area contributed by atoms with Crippen LogP contribution in [0, 0.1) is 6.92 Å². The summed E-state index contributed by atoms with van der Waals surface area (Å²) in [5, 5.41) is 29.8. The molecule has 0 radical (unpaired) electrons. The van der Waals surface area contributed by atoms with Crippen molar-refractivity contribution in [3.8, 4) is 5.75 Å². The van der Waals surface area contributed by atoms with Gasteiger partial charge >= 0.3 is 11.9 Å². The van der Waals surface area contributed by atoms with Crippen LogP contribution in [0.3, 0.4) is 0 Å². The number of hydrogen-bond donors (Lipinski definition) is 4. The maximum Gasteiger partial charge on any atom is 0.335 e. The van der Waals surface area contributed by atoms with Gasteiger partial charge in [0.1, 0.15) is 5.75 Å². The Bertz CT molecular complexity index is 1040. The summed E-state index contributed by atoms with van der Waals surface area (Å²) in [6, 6.07) is 12.4. The molecule has 8 nitrogen and oxygen atoms in total. The average Bonchev–Trinajstić information content (AvgIpc) is 2.67. The molecule has 0 amide bonds. The van der Waals surface area contributed by atoms with E-state index in [0.717, 1.165) is 28.9 Å². The van der Waals surface area contributed by atoms with Gasteiger partial charge in [0.05, 0.1) is 28.9 Å². The van der Waals surface area contributed by atoms with Crippen LogP contribution in [0.25, 0.3) is 10.8 Å². The van der Waals surface area contributed by atoms with E-state index in [1.165, 1.54) is 12.1 Å². The van der Waals surface area contributed by atoms with Crippen molar-refractivity contribution >= 4 is 40.4 Å². The number of aromatic hydroxyl groups is 1. The summed E-state index contributed by atoms with van der Waals surface area (Å²) in [5.41, 5.74) is 2.74. The van der Waals surface area contributed by atoms with Gasteiger partial charge in [-0.15, -0.1) is 9.32 Å². The maximum absolute atomic E-state index is 11.1. The van der Waals surface area contributed by atoms with Crippen LogP contribution in [0.1, 0.15) is 26.3 Å². The third kappa shape index (κ3) is 4.17. The monoisotopic (exact) mass is 401 g/mol. The Morgan fingerprint density at radius 2 is 1.68 bits per heavy atom. The lowest BCUT2D eigenvalue weighted by molar-refractivity contribution is -0.161. The molecule has 0 fully saturated rings. The number of fused-ring (bicyclic) bond motifs is 1. The number of hydrogen-bond acceptors (Lipinski definition) is 7. The minimum absolute atomic E-state index is 0.102. The number of phenols is 1. The Balaban J connectivity index is 1.72. The van der Waals surface area contributed by atoms with Crippen molar-refractivity contribution in [3.05, 3.63) is 65.2 Å². The van der Waals surface area contributed by atoms with Crippen LogP contribution >= 0.6 is 12.0 Å². The zero-order valence-electron chi connectivity index (χ0n) is 14.5. The lowest BCUT2D eigenvalue weighted by atomic mass is 10.0. The highest BCUT2D eigenvalue weighted by Gasteiger charge is 2.12. The van der Waals surface area contributed by atoms with Gasteiger partial charge in [-0.25, -0.2) is 15.1 Å². The number of benzene rings is 3. The predicted molar refractivity (Wildman–Crippen MR) is 102 cm³/mol. The number of aryl methyl sites for hydroxylation is 1. The molecule has 0 spiro atoms. The number of nitrogens with one attached hydrogen (secondary N) is 1. The molecule has 0 bridgehead atoms. The molecule has 0 aliphatic carbocycles. The number of aromatic carboxylic acids is 2. The van der Waals surface area contributed by atoms with Crippen molar-refractivity contribution in [3.63, 3.8) is 0 Å². The van der Waals surface area contributed by atoms with Gasteiger partial charge in [-0.05, 0) is 48.2 Å². The summed E-state index contributed by atoms with van der Waals surface area (Å²) in [7, 11) is 0. The summed E-state index contributed by atoms with van der Waals surface area (Å²) in [4.78, 5) is 27.8. The van der Waals surface area contributed by atoms with Gasteiger partial charge in [0.15, 0.2) is 0 Å². The van der Waals surface area contributed by atoms with Crippen LogP contribution in [0.5, 0.6) is 5.75 Å². The Hall–Kier alpha value is -3.27. The first-order valence-corrected chi connectivity index (χ1v) is 8.70. The molecule has 9 heteroatoms. The second-order valence-electron chi connectivity index (χ2n) is 5.81. The van der Waals surface area contributed by atoms with Crippen LogP contribution < -0.4 is 5.48 Å². The Kier molecular flexibility index (Phi) is 5.69. The molecule has 0 aliphatic rings. The summed E-state index contributed by atoms with van der Waals surface area (Å²) < 4.78 is 5.06. The molecule has 3 aromatic rings. The van der Waals surface area contributed by atoms with E-state index >= 15 is 0 Å². The minimum Gasteiger partial charge on any atom is -0.508 e. The van der Waals surface area contributed by atoms with Crippen molar-refractivity contribution in [2.45, 2.75) is 11.8 Å². The highest BCUT2D eigenvalue weighted by molar-refractivity contribution is 7.94. The van der Waals surface area contributed by atoms with E-state index in [9.17, 15) is 14.7 Å². The fraction of sp³-hybridized carbons (Fsp3) is 0.0526. The summed E-state index contributed by atoms with van der Waals surface area (Å²) in [6.07, 6.45) is 0. The molecule has 3 rings (SSSR count). The van der Waals surface area contributed by atoms with Crippen LogP contribution in [-0.2, 0) is 9.32 Å². The van der Waals surface area contributed by atoms with Gasteiger partial charge in [-0.2, -0.15) is 0 Å². The first kappa shape index (κ1) is 19.5. The van der Waals surface area contributed by atoms with Gasteiger partial charge in [0, 0.05) is 10.3 Å². The molecular weight excluding hydrogens is 386 g/mol. The van der Waals surface area contributed by atoms with E-state index in [1.54, 1.807) is 25.1 Å². The molecule has 4 N–H and O–H groups in total. The number of carbonyl (C=O) groups is 2. The highest BCUT2D eigenvalue weighted by atomic mass is 32.2.